The smallest absolute Gasteiger partial charge is 0.276 e. The molecule has 0 aliphatic carbocycles. The van der Waals surface area contributed by atoms with Crippen molar-refractivity contribution in [3.05, 3.63) is 64.7 Å². The van der Waals surface area contributed by atoms with Crippen molar-refractivity contribution in [2.24, 2.45) is 0 Å². The highest BCUT2D eigenvalue weighted by Gasteiger charge is 2.09. The molecule has 0 fully saturated rings. The largest absolute Gasteiger partial charge is 0.484 e. The minimum Gasteiger partial charge on any atom is -0.484 e. The standard InChI is InChI=1S/C17H16ClN3O3S/c1-11-4-2-7-14(8-11)24-10-15(22)20-21-17(25)19-16(23)12-5-3-6-13(18)9-12/h2-9H,10H2,1H3,(H,20,22)(H2,19,21,23,25). The summed E-state index contributed by atoms with van der Waals surface area (Å²) in [6, 6.07) is 13.7. The van der Waals surface area contributed by atoms with E-state index in [0.29, 0.717) is 16.3 Å². The van der Waals surface area contributed by atoms with Crippen molar-refractivity contribution in [2.45, 2.75) is 6.92 Å². The zero-order valence-corrected chi connectivity index (χ0v) is 14.9. The summed E-state index contributed by atoms with van der Waals surface area (Å²) in [5.41, 5.74) is 6.15. The zero-order valence-electron chi connectivity index (χ0n) is 13.3. The molecule has 3 N–H and O–H groups in total. The third-order valence-electron chi connectivity index (χ3n) is 2.99. The van der Waals surface area contributed by atoms with Gasteiger partial charge < -0.3 is 4.74 Å². The lowest BCUT2D eigenvalue weighted by Gasteiger charge is -2.11. The molecule has 25 heavy (non-hydrogen) atoms. The van der Waals surface area contributed by atoms with E-state index in [-0.39, 0.29) is 11.7 Å². The van der Waals surface area contributed by atoms with Crippen LogP contribution in [-0.2, 0) is 4.79 Å². The number of ether oxygens (including phenoxy) is 1. The summed E-state index contributed by atoms with van der Waals surface area (Å²) in [4.78, 5) is 23.7. The number of halogens is 1. The van der Waals surface area contributed by atoms with E-state index in [1.54, 1.807) is 24.3 Å². The second kappa shape index (κ2) is 9.00. The highest BCUT2D eigenvalue weighted by atomic mass is 35.5. The third kappa shape index (κ3) is 6.40. The fraction of sp³-hybridized carbons (Fsp3) is 0.118. The van der Waals surface area contributed by atoms with Crippen LogP contribution in [0.15, 0.2) is 48.5 Å². The molecule has 2 aromatic rings. The van der Waals surface area contributed by atoms with E-state index in [1.165, 1.54) is 6.07 Å². The molecule has 0 heterocycles. The van der Waals surface area contributed by atoms with Gasteiger partial charge in [0.1, 0.15) is 5.75 Å². The molecule has 0 radical (unpaired) electrons. The van der Waals surface area contributed by atoms with E-state index >= 15 is 0 Å². The number of aryl methyl sites for hydroxylation is 1. The van der Waals surface area contributed by atoms with E-state index in [4.69, 9.17) is 28.6 Å². The molecule has 2 amide bonds. The van der Waals surface area contributed by atoms with Crippen LogP contribution in [0.2, 0.25) is 5.02 Å². The lowest BCUT2D eigenvalue weighted by atomic mass is 10.2. The Kier molecular flexibility index (Phi) is 6.73. The second-order valence-corrected chi connectivity index (χ2v) is 5.92. The fourth-order valence-electron chi connectivity index (χ4n) is 1.85. The summed E-state index contributed by atoms with van der Waals surface area (Å²) in [6.07, 6.45) is 0. The van der Waals surface area contributed by atoms with Gasteiger partial charge in [0.25, 0.3) is 11.8 Å². The first-order chi connectivity index (χ1) is 11.9. The quantitative estimate of drug-likeness (QED) is 0.563. The zero-order chi connectivity index (χ0) is 18.2. The van der Waals surface area contributed by atoms with Crippen LogP contribution < -0.4 is 20.9 Å². The number of benzene rings is 2. The summed E-state index contributed by atoms with van der Waals surface area (Å²) in [6.45, 7) is 1.73. The van der Waals surface area contributed by atoms with Gasteiger partial charge >= 0.3 is 0 Å². The molecule has 0 aliphatic heterocycles. The lowest BCUT2D eigenvalue weighted by molar-refractivity contribution is -0.123. The van der Waals surface area contributed by atoms with E-state index in [1.807, 2.05) is 25.1 Å². The number of hydrazine groups is 1. The molecule has 0 spiro atoms. The maximum absolute atomic E-state index is 12.0. The Labute approximate surface area is 155 Å². The number of nitrogens with one attached hydrogen (secondary N) is 3. The fourth-order valence-corrected chi connectivity index (χ4v) is 2.19. The first-order valence-corrected chi connectivity index (χ1v) is 8.08. The molecule has 2 rings (SSSR count). The van der Waals surface area contributed by atoms with Crippen molar-refractivity contribution in [3.63, 3.8) is 0 Å². The van der Waals surface area contributed by atoms with Crippen molar-refractivity contribution in [1.82, 2.24) is 16.2 Å². The molecular formula is C17H16ClN3O3S. The third-order valence-corrected chi connectivity index (χ3v) is 3.43. The molecular weight excluding hydrogens is 362 g/mol. The predicted octanol–water partition coefficient (Wildman–Crippen LogP) is 2.36. The number of carbonyl (C=O) groups is 2. The van der Waals surface area contributed by atoms with Crippen molar-refractivity contribution in [1.29, 1.82) is 0 Å². The van der Waals surface area contributed by atoms with E-state index in [2.05, 4.69) is 16.2 Å². The molecule has 2 aromatic carbocycles. The summed E-state index contributed by atoms with van der Waals surface area (Å²) in [7, 11) is 0. The Morgan fingerprint density at radius 1 is 1.12 bits per heavy atom. The second-order valence-electron chi connectivity index (χ2n) is 5.07. The van der Waals surface area contributed by atoms with Gasteiger partial charge in [-0.2, -0.15) is 0 Å². The number of hydrogen-bond acceptors (Lipinski definition) is 4. The Hall–Kier alpha value is -2.64. The maximum Gasteiger partial charge on any atom is 0.276 e. The molecule has 0 bridgehead atoms. The van der Waals surface area contributed by atoms with Crippen LogP contribution in [0.25, 0.3) is 0 Å². The van der Waals surface area contributed by atoms with Gasteiger partial charge in [-0.3, -0.25) is 25.8 Å². The van der Waals surface area contributed by atoms with Crippen LogP contribution in [0.1, 0.15) is 15.9 Å². The molecule has 0 saturated carbocycles. The average Bonchev–Trinajstić information content (AvgIpc) is 2.58. The first-order valence-electron chi connectivity index (χ1n) is 7.29. The molecule has 0 aromatic heterocycles. The van der Waals surface area contributed by atoms with Crippen LogP contribution in [0.5, 0.6) is 5.75 Å². The van der Waals surface area contributed by atoms with Crippen LogP contribution in [0, 0.1) is 6.92 Å². The molecule has 8 heteroatoms. The van der Waals surface area contributed by atoms with Crippen molar-refractivity contribution in [2.75, 3.05) is 6.61 Å². The van der Waals surface area contributed by atoms with Crippen molar-refractivity contribution in [3.8, 4) is 5.75 Å². The van der Waals surface area contributed by atoms with Gasteiger partial charge in [0, 0.05) is 10.6 Å². The normalized spacial score (nSPS) is 9.84. The van der Waals surface area contributed by atoms with E-state index < -0.39 is 11.8 Å². The van der Waals surface area contributed by atoms with Crippen LogP contribution in [0.3, 0.4) is 0 Å². The number of thiocarbonyl (C=S) groups is 1. The summed E-state index contributed by atoms with van der Waals surface area (Å²) in [5.74, 6) is -0.293. The Morgan fingerprint density at radius 3 is 2.60 bits per heavy atom. The van der Waals surface area contributed by atoms with Gasteiger partial charge in [0.15, 0.2) is 11.7 Å². The maximum atomic E-state index is 12.0. The number of hydrogen-bond donors (Lipinski definition) is 3. The van der Waals surface area contributed by atoms with Crippen LogP contribution in [-0.4, -0.2) is 23.5 Å². The molecule has 0 unspecified atom stereocenters. The average molecular weight is 378 g/mol. The topological polar surface area (TPSA) is 79.5 Å². The molecule has 0 atom stereocenters. The van der Waals surface area contributed by atoms with Crippen molar-refractivity contribution >= 4 is 40.7 Å². The number of carbonyl (C=O) groups excluding carboxylic acids is 2. The summed E-state index contributed by atoms with van der Waals surface area (Å²) < 4.78 is 5.35. The van der Waals surface area contributed by atoms with Gasteiger partial charge in [-0.25, -0.2) is 0 Å². The minimum atomic E-state index is -0.444. The highest BCUT2D eigenvalue weighted by molar-refractivity contribution is 7.80. The van der Waals surface area contributed by atoms with Crippen molar-refractivity contribution < 1.29 is 14.3 Å². The molecule has 6 nitrogen and oxygen atoms in total. The van der Waals surface area contributed by atoms with Gasteiger partial charge in [-0.05, 0) is 55.0 Å². The van der Waals surface area contributed by atoms with Gasteiger partial charge in [0.2, 0.25) is 0 Å². The highest BCUT2D eigenvalue weighted by Crippen LogP contribution is 2.12. The monoisotopic (exact) mass is 377 g/mol. The van der Waals surface area contributed by atoms with Crippen LogP contribution in [0.4, 0.5) is 0 Å². The Balaban J connectivity index is 1.74. The van der Waals surface area contributed by atoms with Gasteiger partial charge in [-0.1, -0.05) is 29.8 Å². The molecule has 130 valence electrons. The minimum absolute atomic E-state index is 0.0473. The SMILES string of the molecule is Cc1cccc(OCC(=O)NNC(=S)NC(=O)c2cccc(Cl)c2)c1. The molecule has 0 aliphatic rings. The number of rotatable bonds is 4. The van der Waals surface area contributed by atoms with E-state index in [0.717, 1.165) is 5.56 Å². The predicted molar refractivity (Wildman–Crippen MR) is 99.5 cm³/mol. The number of amides is 2. The van der Waals surface area contributed by atoms with Gasteiger partial charge in [-0.15, -0.1) is 0 Å². The molecule has 0 saturated heterocycles. The lowest BCUT2D eigenvalue weighted by Crippen LogP contribution is -2.49. The van der Waals surface area contributed by atoms with Gasteiger partial charge in [0.05, 0.1) is 0 Å². The van der Waals surface area contributed by atoms with Crippen LogP contribution >= 0.6 is 23.8 Å². The summed E-state index contributed by atoms with van der Waals surface area (Å²) in [5, 5.41) is 2.82. The van der Waals surface area contributed by atoms with E-state index in [9.17, 15) is 9.59 Å². The Morgan fingerprint density at radius 2 is 1.88 bits per heavy atom. The summed E-state index contributed by atoms with van der Waals surface area (Å²) >= 11 is 10.8. The first kappa shape index (κ1) is 18.7. The Bertz CT molecular complexity index is 798.